The molecule has 0 heterocycles. The average molecular weight is 196 g/mol. The molecule has 1 aromatic carbocycles. The number of hydrogen-bond donors (Lipinski definition) is 0. The number of benzene rings is 1. The molecule has 0 aromatic heterocycles. The fourth-order valence-corrected chi connectivity index (χ4v) is 1.65. The minimum absolute atomic E-state index is 0.638. The fraction of sp³-hybridized carbons (Fsp3) is 0.300. The summed E-state index contributed by atoms with van der Waals surface area (Å²) >= 11 is 1.59. The Bertz CT molecular complexity index is 273. The third-order valence-corrected chi connectivity index (χ3v) is 2.38. The highest BCUT2D eigenvalue weighted by Gasteiger charge is 1.94. The van der Waals surface area contributed by atoms with Crippen LogP contribution in [-0.2, 0) is 4.74 Å². The summed E-state index contributed by atoms with van der Waals surface area (Å²) in [5.74, 6) is 0.638. The second-order valence-electron chi connectivity index (χ2n) is 2.45. The first kappa shape index (κ1) is 10.3. The lowest BCUT2D eigenvalue weighted by molar-refractivity contribution is 0.112. The van der Waals surface area contributed by atoms with Gasteiger partial charge >= 0.3 is 0 Å². The molecule has 0 aliphatic rings. The minimum atomic E-state index is 0.638. The number of hydrogen-bond acceptors (Lipinski definition) is 3. The van der Waals surface area contributed by atoms with Crippen LogP contribution >= 0.6 is 11.8 Å². The predicted molar refractivity (Wildman–Crippen MR) is 54.2 cm³/mol. The van der Waals surface area contributed by atoms with E-state index in [9.17, 15) is 4.79 Å². The molecule has 0 N–H and O–H groups in total. The molecule has 0 amide bonds. The molecule has 3 heteroatoms. The standard InChI is InChI=1S/C10H12O2S/c1-2-12-8-13-10-5-3-4-9(6-10)7-11/h3-7H,2,8H2,1H3. The second kappa shape index (κ2) is 5.78. The van der Waals surface area contributed by atoms with Crippen LogP contribution < -0.4 is 0 Å². The van der Waals surface area contributed by atoms with Crippen LogP contribution in [0.1, 0.15) is 17.3 Å². The summed E-state index contributed by atoms with van der Waals surface area (Å²) in [5.41, 5.74) is 0.710. The van der Waals surface area contributed by atoms with E-state index in [1.807, 2.05) is 25.1 Å². The monoisotopic (exact) mass is 196 g/mol. The van der Waals surface area contributed by atoms with Gasteiger partial charge in [-0.15, -0.1) is 0 Å². The number of carbonyl (C=O) groups excluding carboxylic acids is 1. The van der Waals surface area contributed by atoms with E-state index in [0.717, 1.165) is 17.8 Å². The molecule has 0 fully saturated rings. The molecule has 0 spiro atoms. The molecule has 0 saturated carbocycles. The highest BCUT2D eigenvalue weighted by Crippen LogP contribution is 2.18. The smallest absolute Gasteiger partial charge is 0.150 e. The van der Waals surface area contributed by atoms with Crippen LogP contribution in [0.3, 0.4) is 0 Å². The Morgan fingerprint density at radius 2 is 2.38 bits per heavy atom. The SMILES string of the molecule is CCOCSc1cccc(C=O)c1. The maximum Gasteiger partial charge on any atom is 0.150 e. The Morgan fingerprint density at radius 1 is 1.54 bits per heavy atom. The number of thioether (sulfide) groups is 1. The van der Waals surface area contributed by atoms with Crippen LogP contribution in [0, 0.1) is 0 Å². The van der Waals surface area contributed by atoms with Crippen molar-refractivity contribution in [3.05, 3.63) is 29.8 Å². The Kier molecular flexibility index (Phi) is 4.57. The third-order valence-electron chi connectivity index (χ3n) is 1.51. The summed E-state index contributed by atoms with van der Waals surface area (Å²) in [7, 11) is 0. The highest BCUT2D eigenvalue weighted by molar-refractivity contribution is 7.99. The predicted octanol–water partition coefficient (Wildman–Crippen LogP) is 2.59. The lowest BCUT2D eigenvalue weighted by Crippen LogP contribution is -1.88. The summed E-state index contributed by atoms with van der Waals surface area (Å²) in [4.78, 5) is 11.5. The minimum Gasteiger partial charge on any atom is -0.371 e. The summed E-state index contributed by atoms with van der Waals surface area (Å²) in [6, 6.07) is 7.49. The molecule has 70 valence electrons. The Morgan fingerprint density at radius 3 is 3.08 bits per heavy atom. The van der Waals surface area contributed by atoms with Gasteiger partial charge in [-0.3, -0.25) is 4.79 Å². The van der Waals surface area contributed by atoms with Crippen molar-refractivity contribution >= 4 is 18.0 Å². The molecule has 0 bridgehead atoms. The number of carbonyl (C=O) groups is 1. The summed E-state index contributed by atoms with van der Waals surface area (Å²) in [6.07, 6.45) is 0.852. The molecule has 2 nitrogen and oxygen atoms in total. The average Bonchev–Trinajstić information content (AvgIpc) is 2.19. The van der Waals surface area contributed by atoms with Crippen LogP contribution in [0.15, 0.2) is 29.2 Å². The zero-order valence-corrected chi connectivity index (χ0v) is 8.34. The van der Waals surface area contributed by atoms with E-state index < -0.39 is 0 Å². The lowest BCUT2D eigenvalue weighted by Gasteiger charge is -2.01. The van der Waals surface area contributed by atoms with Crippen molar-refractivity contribution in [1.82, 2.24) is 0 Å². The Balaban J connectivity index is 2.51. The van der Waals surface area contributed by atoms with E-state index in [1.165, 1.54) is 0 Å². The molecule has 0 radical (unpaired) electrons. The third kappa shape index (κ3) is 3.61. The molecule has 0 saturated heterocycles. The van der Waals surface area contributed by atoms with E-state index in [1.54, 1.807) is 17.8 Å². The molecular weight excluding hydrogens is 184 g/mol. The van der Waals surface area contributed by atoms with E-state index in [4.69, 9.17) is 4.74 Å². The number of ether oxygens (including phenoxy) is 1. The first-order valence-electron chi connectivity index (χ1n) is 4.12. The molecule has 0 aliphatic carbocycles. The topological polar surface area (TPSA) is 26.3 Å². The normalized spacial score (nSPS) is 9.92. The maximum atomic E-state index is 10.4. The molecular formula is C10H12O2S. The van der Waals surface area contributed by atoms with Gasteiger partial charge in [0.05, 0.1) is 5.94 Å². The molecule has 13 heavy (non-hydrogen) atoms. The van der Waals surface area contributed by atoms with Crippen molar-refractivity contribution in [1.29, 1.82) is 0 Å². The Hall–Kier alpha value is -0.800. The van der Waals surface area contributed by atoms with Gasteiger partial charge in [-0.1, -0.05) is 23.9 Å². The molecule has 1 aromatic rings. The van der Waals surface area contributed by atoms with Gasteiger partial charge in [-0.25, -0.2) is 0 Å². The van der Waals surface area contributed by atoms with Crippen molar-refractivity contribution < 1.29 is 9.53 Å². The van der Waals surface area contributed by atoms with Gasteiger partial charge in [0.2, 0.25) is 0 Å². The summed E-state index contributed by atoms with van der Waals surface area (Å²) in [5, 5.41) is 0. The van der Waals surface area contributed by atoms with Gasteiger partial charge in [0.1, 0.15) is 6.29 Å². The number of aldehydes is 1. The van der Waals surface area contributed by atoms with Gasteiger partial charge in [-0.2, -0.15) is 0 Å². The molecule has 0 aliphatic heterocycles. The quantitative estimate of drug-likeness (QED) is 0.313. The largest absolute Gasteiger partial charge is 0.371 e. The Labute approximate surface area is 82.3 Å². The van der Waals surface area contributed by atoms with Crippen LogP contribution in [0.5, 0.6) is 0 Å². The van der Waals surface area contributed by atoms with E-state index in [0.29, 0.717) is 11.5 Å². The van der Waals surface area contributed by atoms with Gasteiger partial charge in [0, 0.05) is 17.1 Å². The van der Waals surface area contributed by atoms with Crippen LogP contribution in [0.25, 0.3) is 0 Å². The number of rotatable bonds is 5. The van der Waals surface area contributed by atoms with E-state index in [2.05, 4.69) is 0 Å². The summed E-state index contributed by atoms with van der Waals surface area (Å²) in [6.45, 7) is 2.68. The first-order valence-corrected chi connectivity index (χ1v) is 5.11. The van der Waals surface area contributed by atoms with E-state index in [-0.39, 0.29) is 0 Å². The van der Waals surface area contributed by atoms with Gasteiger partial charge in [0.15, 0.2) is 0 Å². The zero-order chi connectivity index (χ0) is 9.52. The van der Waals surface area contributed by atoms with Crippen molar-refractivity contribution in [3.8, 4) is 0 Å². The van der Waals surface area contributed by atoms with E-state index >= 15 is 0 Å². The van der Waals surface area contributed by atoms with Crippen molar-refractivity contribution in [3.63, 3.8) is 0 Å². The summed E-state index contributed by atoms with van der Waals surface area (Å²) < 4.78 is 5.19. The fourth-order valence-electron chi connectivity index (χ4n) is 0.871. The van der Waals surface area contributed by atoms with Crippen LogP contribution in [-0.4, -0.2) is 18.8 Å². The zero-order valence-electron chi connectivity index (χ0n) is 7.53. The maximum absolute atomic E-state index is 10.4. The van der Waals surface area contributed by atoms with Crippen LogP contribution in [0.4, 0.5) is 0 Å². The van der Waals surface area contributed by atoms with Crippen LogP contribution in [0.2, 0.25) is 0 Å². The highest BCUT2D eigenvalue weighted by atomic mass is 32.2. The molecule has 0 atom stereocenters. The van der Waals surface area contributed by atoms with Gasteiger partial charge in [0.25, 0.3) is 0 Å². The molecule has 1 rings (SSSR count). The second-order valence-corrected chi connectivity index (χ2v) is 3.44. The molecule has 0 unspecified atom stereocenters. The van der Waals surface area contributed by atoms with Crippen molar-refractivity contribution in [2.75, 3.05) is 12.5 Å². The van der Waals surface area contributed by atoms with Gasteiger partial charge < -0.3 is 4.74 Å². The van der Waals surface area contributed by atoms with Crippen molar-refractivity contribution in [2.45, 2.75) is 11.8 Å². The lowest BCUT2D eigenvalue weighted by atomic mass is 10.2. The first-order chi connectivity index (χ1) is 6.36. The van der Waals surface area contributed by atoms with Crippen molar-refractivity contribution in [2.24, 2.45) is 0 Å². The van der Waals surface area contributed by atoms with Gasteiger partial charge in [-0.05, 0) is 19.1 Å².